The second-order valence-electron chi connectivity index (χ2n) is 5.87. The first-order valence-electron chi connectivity index (χ1n) is 7.84. The summed E-state index contributed by atoms with van der Waals surface area (Å²) in [6.45, 7) is 3.78. The fourth-order valence-electron chi connectivity index (χ4n) is 3.02. The Kier molecular flexibility index (Phi) is 5.48. The largest absolute Gasteiger partial charge is 0.494 e. The minimum atomic E-state index is -0.0908. The third kappa shape index (κ3) is 4.38. The molecule has 1 aromatic carbocycles. The van der Waals surface area contributed by atoms with Crippen molar-refractivity contribution in [2.75, 3.05) is 17.7 Å². The number of benzene rings is 1. The lowest BCUT2D eigenvalue weighted by Gasteiger charge is -2.29. The van der Waals surface area contributed by atoms with Crippen molar-refractivity contribution >= 4 is 17.3 Å². The summed E-state index contributed by atoms with van der Waals surface area (Å²) < 4.78 is 5.36. The maximum Gasteiger partial charge on any atom is 0.221 e. The van der Waals surface area contributed by atoms with Gasteiger partial charge in [-0.2, -0.15) is 0 Å². The predicted molar refractivity (Wildman–Crippen MR) is 87.0 cm³/mol. The molecule has 0 aromatic heterocycles. The van der Waals surface area contributed by atoms with Crippen LogP contribution in [-0.4, -0.2) is 19.1 Å². The second kappa shape index (κ2) is 7.34. The molecule has 0 spiro atoms. The van der Waals surface area contributed by atoms with Gasteiger partial charge in [0, 0.05) is 24.7 Å². The highest BCUT2D eigenvalue weighted by Crippen LogP contribution is 2.31. The summed E-state index contributed by atoms with van der Waals surface area (Å²) in [5, 5.41) is 6.36. The Bertz CT molecular complexity index is 480. The Hall–Kier alpha value is -1.71. The van der Waals surface area contributed by atoms with Gasteiger partial charge in [0.05, 0.1) is 12.8 Å². The molecular weight excluding hydrogens is 264 g/mol. The molecule has 0 unspecified atom stereocenters. The van der Waals surface area contributed by atoms with Gasteiger partial charge in [-0.1, -0.05) is 13.3 Å². The number of anilines is 2. The van der Waals surface area contributed by atoms with E-state index in [2.05, 4.69) is 17.6 Å². The maximum atomic E-state index is 11.2. The molecular formula is C17H26N2O2. The molecule has 0 radical (unpaired) electrons. The van der Waals surface area contributed by atoms with Gasteiger partial charge in [-0.3, -0.25) is 4.79 Å². The van der Waals surface area contributed by atoms with Crippen molar-refractivity contribution < 1.29 is 9.53 Å². The van der Waals surface area contributed by atoms with Gasteiger partial charge in [0.25, 0.3) is 0 Å². The molecule has 1 aliphatic carbocycles. The average Bonchev–Trinajstić information content (AvgIpc) is 2.49. The molecule has 21 heavy (non-hydrogen) atoms. The molecule has 0 heterocycles. The first kappa shape index (κ1) is 15.7. The molecule has 0 saturated heterocycles. The van der Waals surface area contributed by atoms with Gasteiger partial charge in [-0.15, -0.1) is 0 Å². The summed E-state index contributed by atoms with van der Waals surface area (Å²) in [5.41, 5.74) is 1.77. The van der Waals surface area contributed by atoms with Gasteiger partial charge in [-0.05, 0) is 43.7 Å². The van der Waals surface area contributed by atoms with Crippen molar-refractivity contribution in [1.29, 1.82) is 0 Å². The number of carbonyl (C=O) groups excluding carboxylic acids is 1. The Morgan fingerprint density at radius 3 is 2.57 bits per heavy atom. The highest BCUT2D eigenvalue weighted by molar-refractivity contribution is 5.90. The highest BCUT2D eigenvalue weighted by Gasteiger charge is 2.20. The molecule has 2 N–H and O–H groups in total. The van der Waals surface area contributed by atoms with Crippen LogP contribution in [0.2, 0.25) is 0 Å². The van der Waals surface area contributed by atoms with Crippen molar-refractivity contribution in [1.82, 2.24) is 0 Å². The smallest absolute Gasteiger partial charge is 0.221 e. The zero-order valence-corrected chi connectivity index (χ0v) is 13.2. The lowest BCUT2D eigenvalue weighted by molar-refractivity contribution is -0.114. The number of carbonyl (C=O) groups is 1. The van der Waals surface area contributed by atoms with Crippen molar-refractivity contribution in [3.63, 3.8) is 0 Å². The number of hydrogen-bond acceptors (Lipinski definition) is 3. The van der Waals surface area contributed by atoms with Crippen molar-refractivity contribution in [3.8, 4) is 5.75 Å². The van der Waals surface area contributed by atoms with Gasteiger partial charge >= 0.3 is 0 Å². The summed E-state index contributed by atoms with van der Waals surface area (Å²) in [7, 11) is 1.62. The average molecular weight is 290 g/mol. The molecule has 1 aliphatic rings. The van der Waals surface area contributed by atoms with E-state index in [9.17, 15) is 4.79 Å². The summed E-state index contributed by atoms with van der Waals surface area (Å²) in [4.78, 5) is 11.2. The third-order valence-corrected chi connectivity index (χ3v) is 4.31. The Morgan fingerprint density at radius 1 is 1.29 bits per heavy atom. The summed E-state index contributed by atoms with van der Waals surface area (Å²) >= 11 is 0. The van der Waals surface area contributed by atoms with E-state index in [0.717, 1.165) is 11.6 Å². The normalized spacial score (nSPS) is 21.7. The van der Waals surface area contributed by atoms with E-state index in [1.807, 2.05) is 18.2 Å². The molecule has 0 aliphatic heterocycles. The van der Waals surface area contributed by atoms with E-state index < -0.39 is 0 Å². The molecule has 0 atom stereocenters. The number of hydrogen-bond donors (Lipinski definition) is 2. The van der Waals surface area contributed by atoms with Crippen molar-refractivity contribution in [2.45, 2.75) is 52.0 Å². The quantitative estimate of drug-likeness (QED) is 0.860. The van der Waals surface area contributed by atoms with Crippen LogP contribution in [0.15, 0.2) is 18.2 Å². The van der Waals surface area contributed by atoms with Crippen LogP contribution >= 0.6 is 0 Å². The molecule has 116 valence electrons. The Balaban J connectivity index is 1.99. The zero-order chi connectivity index (χ0) is 15.2. The van der Waals surface area contributed by atoms with Crippen LogP contribution in [0.4, 0.5) is 11.4 Å². The van der Waals surface area contributed by atoms with E-state index in [1.165, 1.54) is 39.0 Å². The number of methoxy groups -OCH3 is 1. The maximum absolute atomic E-state index is 11.2. The number of rotatable bonds is 5. The van der Waals surface area contributed by atoms with Crippen LogP contribution in [0.3, 0.4) is 0 Å². The predicted octanol–water partition coefficient (Wildman–Crippen LogP) is 4.03. The molecule has 1 saturated carbocycles. The van der Waals surface area contributed by atoms with E-state index >= 15 is 0 Å². The number of nitrogens with one attached hydrogen (secondary N) is 2. The van der Waals surface area contributed by atoms with Gasteiger partial charge in [0.15, 0.2) is 0 Å². The van der Waals surface area contributed by atoms with Crippen LogP contribution in [0, 0.1) is 5.92 Å². The molecule has 1 amide bonds. The summed E-state index contributed by atoms with van der Waals surface area (Å²) in [5.74, 6) is 1.50. The Labute approximate surface area is 127 Å². The first-order chi connectivity index (χ1) is 10.1. The highest BCUT2D eigenvalue weighted by atomic mass is 16.5. The summed E-state index contributed by atoms with van der Waals surface area (Å²) in [6, 6.07) is 6.39. The fraction of sp³-hybridized carbons (Fsp3) is 0.588. The van der Waals surface area contributed by atoms with E-state index in [1.54, 1.807) is 7.11 Å². The lowest BCUT2D eigenvalue weighted by atomic mass is 9.84. The van der Waals surface area contributed by atoms with Gasteiger partial charge in [-0.25, -0.2) is 0 Å². The molecule has 2 rings (SSSR count). The number of ether oxygens (including phenoxy) is 1. The molecule has 1 fully saturated rings. The van der Waals surface area contributed by atoms with Gasteiger partial charge < -0.3 is 15.4 Å². The third-order valence-electron chi connectivity index (χ3n) is 4.31. The monoisotopic (exact) mass is 290 g/mol. The first-order valence-corrected chi connectivity index (χ1v) is 7.84. The summed E-state index contributed by atoms with van der Waals surface area (Å²) in [6.07, 6.45) is 6.39. The number of amides is 1. The standard InChI is InChI=1S/C17H26N2O2/c1-4-13-5-7-14(8-6-13)19-15-9-10-16(18-12(2)20)17(11-15)21-3/h9-11,13-14,19H,4-8H2,1-3H3,(H,18,20). The van der Waals surface area contributed by atoms with Gasteiger partial charge in [0.2, 0.25) is 5.91 Å². The van der Waals surface area contributed by atoms with E-state index in [-0.39, 0.29) is 5.91 Å². The van der Waals surface area contributed by atoms with Crippen molar-refractivity contribution in [3.05, 3.63) is 18.2 Å². The van der Waals surface area contributed by atoms with Crippen LogP contribution < -0.4 is 15.4 Å². The second-order valence-corrected chi connectivity index (χ2v) is 5.87. The zero-order valence-electron chi connectivity index (χ0n) is 13.2. The van der Waals surface area contributed by atoms with E-state index in [0.29, 0.717) is 17.5 Å². The molecule has 4 heteroatoms. The van der Waals surface area contributed by atoms with Crippen LogP contribution in [0.1, 0.15) is 46.0 Å². The fourth-order valence-corrected chi connectivity index (χ4v) is 3.02. The SMILES string of the molecule is CCC1CCC(Nc2ccc(NC(C)=O)c(OC)c2)CC1. The van der Waals surface area contributed by atoms with Crippen LogP contribution in [0.5, 0.6) is 5.75 Å². The minimum Gasteiger partial charge on any atom is -0.494 e. The Morgan fingerprint density at radius 2 is 2.00 bits per heavy atom. The van der Waals surface area contributed by atoms with Crippen LogP contribution in [-0.2, 0) is 4.79 Å². The van der Waals surface area contributed by atoms with Crippen LogP contribution in [0.25, 0.3) is 0 Å². The molecule has 0 bridgehead atoms. The van der Waals surface area contributed by atoms with Crippen molar-refractivity contribution in [2.24, 2.45) is 5.92 Å². The van der Waals surface area contributed by atoms with E-state index in [4.69, 9.17) is 4.74 Å². The topological polar surface area (TPSA) is 50.4 Å². The minimum absolute atomic E-state index is 0.0908. The lowest BCUT2D eigenvalue weighted by Crippen LogP contribution is -2.25. The van der Waals surface area contributed by atoms with Gasteiger partial charge in [0.1, 0.15) is 5.75 Å². The molecule has 1 aromatic rings. The molecule has 4 nitrogen and oxygen atoms in total.